The monoisotopic (exact) mass is 325 g/mol. The van der Waals surface area contributed by atoms with Crippen molar-refractivity contribution in [3.05, 3.63) is 0 Å². The van der Waals surface area contributed by atoms with Crippen LogP contribution in [0.2, 0.25) is 0 Å². The Balaban J connectivity index is 1.66. The minimum Gasteiger partial charge on any atom is -0.466 e. The van der Waals surface area contributed by atoms with Gasteiger partial charge in [0.1, 0.15) is 0 Å². The number of carbonyl (C=O) groups is 1. The maximum absolute atomic E-state index is 11.9. The summed E-state index contributed by atoms with van der Waals surface area (Å²) >= 11 is 0. The molecule has 0 bridgehead atoms. The van der Waals surface area contributed by atoms with Crippen LogP contribution in [0.1, 0.15) is 39.0 Å². The van der Waals surface area contributed by atoms with Crippen molar-refractivity contribution < 1.29 is 14.3 Å². The number of ether oxygens (including phenoxy) is 2. The van der Waals surface area contributed by atoms with Crippen LogP contribution in [-0.4, -0.2) is 63.3 Å². The lowest BCUT2D eigenvalue weighted by Crippen LogP contribution is -2.48. The second-order valence-electron chi connectivity index (χ2n) is 6.38. The van der Waals surface area contributed by atoms with Crippen LogP contribution in [0.3, 0.4) is 0 Å². The van der Waals surface area contributed by atoms with Gasteiger partial charge in [-0.2, -0.15) is 0 Å². The van der Waals surface area contributed by atoms with Crippen LogP contribution in [0.25, 0.3) is 0 Å². The van der Waals surface area contributed by atoms with E-state index in [2.05, 4.69) is 15.2 Å². The minimum absolute atomic E-state index is 0.0378. The fourth-order valence-corrected chi connectivity index (χ4v) is 2.86. The average Bonchev–Trinajstić information content (AvgIpc) is 3.39. The predicted octanol–water partition coefficient (Wildman–Crippen LogP) is 1.65. The van der Waals surface area contributed by atoms with Crippen molar-refractivity contribution in [2.75, 3.05) is 46.5 Å². The molecule has 6 heteroatoms. The molecule has 2 rings (SSSR count). The summed E-state index contributed by atoms with van der Waals surface area (Å²) in [7, 11) is 1.79. The molecule has 1 saturated carbocycles. The Hall–Kier alpha value is -1.30. The van der Waals surface area contributed by atoms with E-state index in [0.29, 0.717) is 13.2 Å². The number of hydrogen-bond acceptors (Lipinski definition) is 4. The lowest BCUT2D eigenvalue weighted by Gasteiger charge is -2.33. The highest BCUT2D eigenvalue weighted by Crippen LogP contribution is 2.28. The molecule has 0 aromatic heterocycles. The van der Waals surface area contributed by atoms with Gasteiger partial charge < -0.3 is 19.7 Å². The molecule has 1 heterocycles. The topological polar surface area (TPSA) is 63.2 Å². The van der Waals surface area contributed by atoms with Gasteiger partial charge in [-0.15, -0.1) is 0 Å². The molecule has 1 N–H and O–H groups in total. The molecule has 0 radical (unpaired) electrons. The van der Waals surface area contributed by atoms with Gasteiger partial charge in [-0.05, 0) is 44.9 Å². The number of likely N-dealkylation sites (tertiary alicyclic amines) is 1. The van der Waals surface area contributed by atoms with Gasteiger partial charge in [-0.1, -0.05) is 0 Å². The zero-order valence-electron chi connectivity index (χ0n) is 14.6. The molecule has 0 spiro atoms. The molecule has 1 aliphatic heterocycles. The largest absolute Gasteiger partial charge is 0.466 e. The van der Waals surface area contributed by atoms with E-state index in [1.807, 2.05) is 6.92 Å². The lowest BCUT2D eigenvalue weighted by molar-refractivity contribution is -0.149. The first-order valence-corrected chi connectivity index (χ1v) is 8.94. The molecular formula is C17H31N3O3. The summed E-state index contributed by atoms with van der Waals surface area (Å²) in [4.78, 5) is 18.4. The number of rotatable bonds is 8. The summed E-state index contributed by atoms with van der Waals surface area (Å²) in [6.07, 6.45) is 5.54. The molecule has 2 fully saturated rings. The zero-order chi connectivity index (χ0) is 16.5. The van der Waals surface area contributed by atoms with Gasteiger partial charge in [0.15, 0.2) is 5.96 Å². The Bertz CT molecular complexity index is 397. The average molecular weight is 325 g/mol. The van der Waals surface area contributed by atoms with Crippen molar-refractivity contribution in [3.63, 3.8) is 0 Å². The predicted molar refractivity (Wildman–Crippen MR) is 90.5 cm³/mol. The van der Waals surface area contributed by atoms with Crippen LogP contribution in [-0.2, 0) is 14.3 Å². The Labute approximate surface area is 139 Å². The van der Waals surface area contributed by atoms with Crippen LogP contribution >= 0.6 is 0 Å². The lowest BCUT2D eigenvalue weighted by atomic mass is 9.98. The number of guanidine groups is 1. The first-order valence-electron chi connectivity index (χ1n) is 8.94. The molecule has 2 aliphatic rings. The van der Waals surface area contributed by atoms with E-state index in [-0.39, 0.29) is 11.9 Å². The standard InChI is InChI=1S/C17H31N3O3/c1-3-23-16(21)15-6-4-10-20(12-15)17(18-2)19-9-5-11-22-13-14-7-8-14/h14-15H,3-13H2,1-2H3,(H,18,19). The smallest absolute Gasteiger partial charge is 0.310 e. The second kappa shape index (κ2) is 9.75. The van der Waals surface area contributed by atoms with E-state index >= 15 is 0 Å². The first-order chi connectivity index (χ1) is 11.2. The van der Waals surface area contributed by atoms with Gasteiger partial charge in [-0.25, -0.2) is 0 Å². The van der Waals surface area contributed by atoms with Crippen molar-refractivity contribution in [1.29, 1.82) is 0 Å². The number of aliphatic imine (C=N–C) groups is 1. The molecule has 0 aromatic carbocycles. The Morgan fingerprint density at radius 2 is 2.17 bits per heavy atom. The van der Waals surface area contributed by atoms with E-state index in [9.17, 15) is 4.79 Å². The van der Waals surface area contributed by atoms with E-state index in [1.54, 1.807) is 7.05 Å². The molecule has 1 unspecified atom stereocenters. The Morgan fingerprint density at radius 3 is 2.87 bits per heavy atom. The van der Waals surface area contributed by atoms with Crippen molar-refractivity contribution >= 4 is 11.9 Å². The van der Waals surface area contributed by atoms with Gasteiger partial charge in [0.05, 0.1) is 12.5 Å². The second-order valence-corrected chi connectivity index (χ2v) is 6.38. The van der Waals surface area contributed by atoms with Crippen molar-refractivity contribution in [2.24, 2.45) is 16.8 Å². The fraction of sp³-hybridized carbons (Fsp3) is 0.882. The molecule has 6 nitrogen and oxygen atoms in total. The highest BCUT2D eigenvalue weighted by Gasteiger charge is 2.28. The molecule has 0 aromatic rings. The van der Waals surface area contributed by atoms with Crippen molar-refractivity contribution in [2.45, 2.75) is 39.0 Å². The van der Waals surface area contributed by atoms with E-state index < -0.39 is 0 Å². The third-order valence-electron chi connectivity index (χ3n) is 4.35. The first kappa shape index (κ1) is 18.0. The number of hydrogen-bond donors (Lipinski definition) is 1. The molecular weight excluding hydrogens is 294 g/mol. The van der Waals surface area contributed by atoms with E-state index in [0.717, 1.165) is 57.4 Å². The van der Waals surface area contributed by atoms with Crippen LogP contribution in [0.15, 0.2) is 4.99 Å². The van der Waals surface area contributed by atoms with Crippen LogP contribution in [0.5, 0.6) is 0 Å². The van der Waals surface area contributed by atoms with Crippen LogP contribution in [0, 0.1) is 11.8 Å². The summed E-state index contributed by atoms with van der Waals surface area (Å²) in [5.74, 6) is 1.58. The van der Waals surface area contributed by atoms with Gasteiger partial charge in [0, 0.05) is 39.9 Å². The molecule has 132 valence electrons. The third-order valence-corrected chi connectivity index (χ3v) is 4.35. The highest BCUT2D eigenvalue weighted by atomic mass is 16.5. The number of carbonyl (C=O) groups excluding carboxylic acids is 1. The minimum atomic E-state index is -0.0823. The van der Waals surface area contributed by atoms with Crippen LogP contribution in [0.4, 0.5) is 0 Å². The molecule has 1 aliphatic carbocycles. The molecule has 1 atom stereocenters. The number of piperidine rings is 1. The third kappa shape index (κ3) is 6.37. The SMILES string of the molecule is CCOC(=O)C1CCCN(C(=NC)NCCCOCC2CC2)C1. The van der Waals surface area contributed by atoms with Gasteiger partial charge in [0.2, 0.25) is 0 Å². The number of nitrogens with one attached hydrogen (secondary N) is 1. The zero-order valence-corrected chi connectivity index (χ0v) is 14.6. The molecule has 23 heavy (non-hydrogen) atoms. The quantitative estimate of drug-likeness (QED) is 0.318. The summed E-state index contributed by atoms with van der Waals surface area (Å²) in [5.41, 5.74) is 0. The summed E-state index contributed by atoms with van der Waals surface area (Å²) in [5, 5.41) is 3.38. The molecule has 1 saturated heterocycles. The number of nitrogens with zero attached hydrogens (tertiary/aromatic N) is 2. The summed E-state index contributed by atoms with van der Waals surface area (Å²) in [6.45, 7) is 6.49. The van der Waals surface area contributed by atoms with E-state index in [4.69, 9.17) is 9.47 Å². The van der Waals surface area contributed by atoms with Crippen molar-refractivity contribution in [1.82, 2.24) is 10.2 Å². The van der Waals surface area contributed by atoms with Gasteiger partial charge in [-0.3, -0.25) is 9.79 Å². The number of esters is 1. The van der Waals surface area contributed by atoms with Gasteiger partial charge in [0.25, 0.3) is 0 Å². The normalized spacial score (nSPS) is 22.1. The summed E-state index contributed by atoms with van der Waals surface area (Å²) < 4.78 is 10.8. The Morgan fingerprint density at radius 1 is 1.35 bits per heavy atom. The molecule has 0 amide bonds. The maximum Gasteiger partial charge on any atom is 0.310 e. The highest BCUT2D eigenvalue weighted by molar-refractivity contribution is 5.81. The van der Waals surface area contributed by atoms with Crippen molar-refractivity contribution in [3.8, 4) is 0 Å². The fourth-order valence-electron chi connectivity index (χ4n) is 2.86. The van der Waals surface area contributed by atoms with Gasteiger partial charge >= 0.3 is 5.97 Å². The van der Waals surface area contributed by atoms with E-state index in [1.165, 1.54) is 12.8 Å². The summed E-state index contributed by atoms with van der Waals surface area (Å²) in [6, 6.07) is 0. The Kier molecular flexibility index (Phi) is 7.65. The maximum atomic E-state index is 11.9. The van der Waals surface area contributed by atoms with Crippen LogP contribution < -0.4 is 5.32 Å².